The van der Waals surface area contributed by atoms with E-state index in [2.05, 4.69) is 20.7 Å². The molecule has 1 heterocycles. The van der Waals surface area contributed by atoms with Crippen LogP contribution >= 0.6 is 23.2 Å². The minimum Gasteiger partial charge on any atom is -0.475 e. The number of carboxylic acid groups (broad SMARTS) is 1. The van der Waals surface area contributed by atoms with Crippen LogP contribution in [0.2, 0.25) is 10.0 Å². The Kier molecular flexibility index (Phi) is 15.4. The number of carbonyl (C=O) groups excluding carboxylic acids is 1. The molecule has 1 fully saturated rings. The lowest BCUT2D eigenvalue weighted by Gasteiger charge is -2.28. The first-order valence-electron chi connectivity index (χ1n) is 16.3. The van der Waals surface area contributed by atoms with Gasteiger partial charge in [0.05, 0.1) is 10.4 Å². The summed E-state index contributed by atoms with van der Waals surface area (Å²) < 4.78 is 65.2. The van der Waals surface area contributed by atoms with Crippen molar-refractivity contribution in [2.75, 3.05) is 36.8 Å². The van der Waals surface area contributed by atoms with Gasteiger partial charge in [-0.2, -0.15) is 18.2 Å². The molecule has 1 saturated carbocycles. The lowest BCUT2D eigenvalue weighted by Crippen LogP contribution is -2.33. The van der Waals surface area contributed by atoms with Crippen molar-refractivity contribution in [1.82, 2.24) is 20.0 Å². The number of fused-ring (bicyclic) bond motifs is 1. The number of hydrogen-bond acceptors (Lipinski definition) is 9. The van der Waals surface area contributed by atoms with Gasteiger partial charge in [0.15, 0.2) is 0 Å². The largest absolute Gasteiger partial charge is 0.490 e. The number of halogens is 5. The molecule has 2 aromatic carbocycles. The highest BCUT2D eigenvalue weighted by atomic mass is 35.5. The monoisotopic (exact) mass is 778 g/mol. The molecule has 1 amide bonds. The summed E-state index contributed by atoms with van der Waals surface area (Å²) in [7, 11) is -3.68. The number of para-hydroxylation sites is 1. The number of aromatic nitrogens is 2. The van der Waals surface area contributed by atoms with E-state index in [0.29, 0.717) is 31.5 Å². The molecule has 1 aliphatic carbocycles. The van der Waals surface area contributed by atoms with E-state index in [4.69, 9.17) is 47.8 Å². The number of hydrogen-bond donors (Lipinski definition) is 5. The van der Waals surface area contributed by atoms with Crippen molar-refractivity contribution in [2.24, 2.45) is 11.8 Å². The van der Waals surface area contributed by atoms with Crippen LogP contribution < -0.4 is 20.7 Å². The number of sulfonamides is 1. The van der Waals surface area contributed by atoms with Crippen molar-refractivity contribution in [3.63, 3.8) is 0 Å². The first kappa shape index (κ1) is 41.8. The smallest absolute Gasteiger partial charge is 0.475 e. The molecule has 0 spiro atoms. The number of unbranched alkanes of at least 4 members (excludes halogenated alkanes) is 1. The van der Waals surface area contributed by atoms with Crippen LogP contribution in [0.3, 0.4) is 0 Å². The first-order valence-corrected chi connectivity index (χ1v) is 18.5. The summed E-state index contributed by atoms with van der Waals surface area (Å²) in [5, 5.41) is 18.3. The van der Waals surface area contributed by atoms with Crippen molar-refractivity contribution in [2.45, 2.75) is 76.0 Å². The van der Waals surface area contributed by atoms with Gasteiger partial charge in [0.1, 0.15) is 11.4 Å². The Morgan fingerprint density at radius 3 is 2.06 bits per heavy atom. The zero-order valence-corrected chi connectivity index (χ0v) is 30.8. The van der Waals surface area contributed by atoms with Crippen molar-refractivity contribution in [1.29, 1.82) is 0 Å². The Labute approximate surface area is 305 Å². The van der Waals surface area contributed by atoms with Crippen molar-refractivity contribution < 1.29 is 41.0 Å². The highest BCUT2D eigenvalue weighted by Crippen LogP contribution is 2.30. The van der Waals surface area contributed by atoms with Gasteiger partial charge in [-0.1, -0.05) is 35.3 Å². The van der Waals surface area contributed by atoms with E-state index in [1.807, 2.05) is 45.0 Å². The van der Waals surface area contributed by atoms with Gasteiger partial charge in [0.2, 0.25) is 16.0 Å². The van der Waals surface area contributed by atoms with Gasteiger partial charge in [-0.05, 0) is 101 Å². The van der Waals surface area contributed by atoms with E-state index in [1.54, 1.807) is 0 Å². The van der Waals surface area contributed by atoms with E-state index in [1.165, 1.54) is 18.2 Å². The Morgan fingerprint density at radius 2 is 1.47 bits per heavy atom. The third-order valence-corrected chi connectivity index (χ3v) is 9.47. The van der Waals surface area contributed by atoms with Gasteiger partial charge in [0, 0.05) is 41.6 Å². The fourth-order valence-electron chi connectivity index (χ4n) is 5.12. The molecule has 1 aromatic heterocycles. The molecule has 0 atom stereocenters. The summed E-state index contributed by atoms with van der Waals surface area (Å²) in [5.74, 6) is -0.697. The molecule has 1 aliphatic rings. The van der Waals surface area contributed by atoms with Gasteiger partial charge >= 0.3 is 18.2 Å². The second kappa shape index (κ2) is 18.8. The van der Waals surface area contributed by atoms with Crippen LogP contribution in [0.4, 0.5) is 29.7 Å². The number of aliphatic carboxylic acids is 1. The molecule has 3 aromatic rings. The Morgan fingerprint density at radius 1 is 0.902 bits per heavy atom. The van der Waals surface area contributed by atoms with Crippen LogP contribution in [0.15, 0.2) is 47.4 Å². The Bertz CT molecular complexity index is 1720. The summed E-state index contributed by atoms with van der Waals surface area (Å²) in [6, 6.07) is 12.2. The fraction of sp³-hybridized carbons (Fsp3) is 0.515. The molecule has 0 saturated heterocycles. The molecule has 5 N–H and O–H groups in total. The van der Waals surface area contributed by atoms with E-state index in [0.717, 1.165) is 61.8 Å². The number of alkyl carbamates (subject to hydrolysis) is 1. The topological polar surface area (TPSA) is 172 Å². The number of amides is 1. The summed E-state index contributed by atoms with van der Waals surface area (Å²) in [5.41, 5.74) is 0.346. The molecule has 51 heavy (non-hydrogen) atoms. The van der Waals surface area contributed by atoms with E-state index in [-0.39, 0.29) is 20.9 Å². The zero-order chi connectivity index (χ0) is 37.8. The minimum atomic E-state index is -5.08. The molecule has 0 aliphatic heterocycles. The molecule has 12 nitrogen and oxygen atoms in total. The highest BCUT2D eigenvalue weighted by Gasteiger charge is 2.38. The predicted octanol–water partition coefficient (Wildman–Crippen LogP) is 7.48. The van der Waals surface area contributed by atoms with Crippen molar-refractivity contribution in [3.8, 4) is 0 Å². The summed E-state index contributed by atoms with van der Waals surface area (Å²) in [4.78, 5) is 30.3. The van der Waals surface area contributed by atoms with Crippen LogP contribution in [-0.2, 0) is 19.6 Å². The van der Waals surface area contributed by atoms with Gasteiger partial charge < -0.3 is 25.8 Å². The van der Waals surface area contributed by atoms with Gasteiger partial charge in [-0.25, -0.2) is 27.7 Å². The lowest BCUT2D eigenvalue weighted by molar-refractivity contribution is -0.192. The lowest BCUT2D eigenvalue weighted by atomic mass is 9.82. The number of carbonyl (C=O) groups is 2. The van der Waals surface area contributed by atoms with Crippen LogP contribution in [-0.4, -0.2) is 73.5 Å². The van der Waals surface area contributed by atoms with Gasteiger partial charge in [-0.15, -0.1) is 0 Å². The van der Waals surface area contributed by atoms with E-state index in [9.17, 15) is 26.4 Å². The molecule has 0 unspecified atom stereocenters. The SMILES string of the molecule is CC(C)(C)OC(=O)NCCCCNc1nc(NCC2CCC(CNS(=O)(=O)c3cc(Cl)cc(Cl)c3)CC2)nc2ccccc12.O=C(O)C(F)(F)F. The molecule has 282 valence electrons. The third-order valence-electron chi connectivity index (χ3n) is 7.63. The maximum absolute atomic E-state index is 12.7. The number of rotatable bonds is 13. The average molecular weight is 780 g/mol. The fourth-order valence-corrected chi connectivity index (χ4v) is 6.96. The summed E-state index contributed by atoms with van der Waals surface area (Å²) >= 11 is 12.0. The highest BCUT2D eigenvalue weighted by molar-refractivity contribution is 7.89. The van der Waals surface area contributed by atoms with Gasteiger partial charge in [0.25, 0.3) is 0 Å². The number of benzene rings is 2. The summed E-state index contributed by atoms with van der Waals surface area (Å²) in [6.07, 6.45) is -0.00134. The van der Waals surface area contributed by atoms with E-state index < -0.39 is 33.9 Å². The second-order valence-electron chi connectivity index (χ2n) is 13.0. The predicted molar refractivity (Wildman–Crippen MR) is 191 cm³/mol. The quantitative estimate of drug-likeness (QED) is 0.110. The van der Waals surface area contributed by atoms with Crippen molar-refractivity contribution >= 4 is 68.0 Å². The first-order chi connectivity index (χ1) is 23.8. The molecule has 0 bridgehead atoms. The van der Waals surface area contributed by atoms with E-state index >= 15 is 0 Å². The van der Waals surface area contributed by atoms with Gasteiger partial charge in [-0.3, -0.25) is 0 Å². The molecule has 4 rings (SSSR count). The molecular formula is C33H43Cl2F3N6O6S. The normalized spacial score (nSPS) is 16.5. The molecular weight excluding hydrogens is 736 g/mol. The van der Waals surface area contributed by atoms with Crippen LogP contribution in [0, 0.1) is 11.8 Å². The number of anilines is 2. The second-order valence-corrected chi connectivity index (χ2v) is 15.6. The molecule has 18 heteroatoms. The molecule has 0 radical (unpaired) electrons. The number of alkyl halides is 3. The number of ether oxygens (including phenoxy) is 1. The standard InChI is InChI=1S/C31H42Cl2N6O4S.C2HF3O2/c1-31(2,3)43-30(40)35-15-7-6-14-34-28-26-8-4-5-9-27(26)38-29(39-28)36-19-21-10-12-22(13-11-21)20-37-44(41,42)25-17-23(32)16-24(33)18-25;3-2(4,5)1(6)7/h4-5,8-9,16-18,21-22,37H,6-7,10-15,19-20H2,1-3H3,(H,35,40)(H2,34,36,38,39);(H,6,7). The maximum atomic E-state index is 12.7. The zero-order valence-electron chi connectivity index (χ0n) is 28.4. The average Bonchev–Trinajstić information content (AvgIpc) is 3.03. The number of carboxylic acids is 1. The van der Waals surface area contributed by atoms with Crippen LogP contribution in [0.1, 0.15) is 59.3 Å². The number of nitrogens with zero attached hydrogens (tertiary/aromatic N) is 2. The van der Waals surface area contributed by atoms with Crippen molar-refractivity contribution in [3.05, 3.63) is 52.5 Å². The third kappa shape index (κ3) is 14.9. The minimum absolute atomic E-state index is 0.0762. The maximum Gasteiger partial charge on any atom is 0.490 e. The van der Waals surface area contributed by atoms with Crippen LogP contribution in [0.25, 0.3) is 10.9 Å². The summed E-state index contributed by atoms with van der Waals surface area (Å²) in [6.45, 7) is 7.89. The van der Waals surface area contributed by atoms with Crippen LogP contribution in [0.5, 0.6) is 0 Å². The Balaban J connectivity index is 0.000000908. The number of nitrogens with one attached hydrogen (secondary N) is 4. The Hall–Kier alpha value is -3.60.